The molecule has 0 aliphatic carbocycles. The molecule has 0 aliphatic heterocycles. The Bertz CT molecular complexity index is 1030. The maximum atomic E-state index is 12.4. The fourth-order valence-electron chi connectivity index (χ4n) is 2.85. The first-order valence-corrected chi connectivity index (χ1v) is 7.25. The number of hydrogen-bond donors (Lipinski definition) is 0. The van der Waals surface area contributed by atoms with Crippen LogP contribution in [0, 0.1) is 6.92 Å². The molecule has 0 spiro atoms. The van der Waals surface area contributed by atoms with E-state index in [0.29, 0.717) is 12.3 Å². The smallest absolute Gasteiger partial charge is 0.259 e. The number of para-hydroxylation sites is 2. The van der Waals surface area contributed by atoms with Crippen molar-refractivity contribution in [2.24, 2.45) is 0 Å². The van der Waals surface area contributed by atoms with E-state index in [4.69, 9.17) is 0 Å². The van der Waals surface area contributed by atoms with E-state index in [1.54, 1.807) is 10.5 Å². The molecular weight excluding hydrogens is 274 g/mol. The fourth-order valence-corrected chi connectivity index (χ4v) is 2.85. The molecule has 4 aromatic rings. The van der Waals surface area contributed by atoms with Gasteiger partial charge in [0.05, 0.1) is 17.6 Å². The third kappa shape index (κ3) is 1.92. The normalized spacial score (nSPS) is 11.3. The molecular formula is C18H15N3O. The van der Waals surface area contributed by atoms with Crippen LogP contribution >= 0.6 is 0 Å². The Balaban J connectivity index is 2.03. The number of rotatable bonds is 2. The number of nitrogens with zero attached hydrogens (tertiary/aromatic N) is 3. The molecule has 0 bridgehead atoms. The van der Waals surface area contributed by atoms with Crippen molar-refractivity contribution in [3.05, 3.63) is 82.3 Å². The fraction of sp³-hybridized carbons (Fsp3) is 0.111. The first-order valence-electron chi connectivity index (χ1n) is 7.25. The van der Waals surface area contributed by atoms with Crippen molar-refractivity contribution in [1.29, 1.82) is 0 Å². The van der Waals surface area contributed by atoms with E-state index in [1.807, 2.05) is 49.4 Å². The molecule has 4 rings (SSSR count). The highest BCUT2D eigenvalue weighted by atomic mass is 16.1. The number of hydrogen-bond acceptors (Lipinski definition) is 2. The lowest BCUT2D eigenvalue weighted by molar-refractivity contribution is 0.752. The summed E-state index contributed by atoms with van der Waals surface area (Å²) in [4.78, 5) is 17.0. The molecule has 0 aliphatic rings. The molecule has 0 amide bonds. The van der Waals surface area contributed by atoms with Crippen molar-refractivity contribution >= 4 is 16.8 Å². The van der Waals surface area contributed by atoms with E-state index in [1.165, 1.54) is 5.56 Å². The largest absolute Gasteiger partial charge is 0.311 e. The van der Waals surface area contributed by atoms with E-state index in [9.17, 15) is 4.79 Å². The Morgan fingerprint density at radius 3 is 2.55 bits per heavy atom. The van der Waals surface area contributed by atoms with Gasteiger partial charge in [0.15, 0.2) is 0 Å². The zero-order valence-electron chi connectivity index (χ0n) is 12.2. The van der Waals surface area contributed by atoms with E-state index in [-0.39, 0.29) is 5.56 Å². The van der Waals surface area contributed by atoms with Crippen molar-refractivity contribution in [1.82, 2.24) is 14.0 Å². The van der Waals surface area contributed by atoms with E-state index in [0.717, 1.165) is 16.7 Å². The summed E-state index contributed by atoms with van der Waals surface area (Å²) in [6.45, 7) is 2.64. The Labute approximate surface area is 127 Å². The van der Waals surface area contributed by atoms with Gasteiger partial charge in [-0.2, -0.15) is 0 Å². The molecule has 4 heteroatoms. The van der Waals surface area contributed by atoms with Gasteiger partial charge in [0, 0.05) is 11.8 Å². The molecule has 0 saturated carbocycles. The Kier molecular flexibility index (Phi) is 2.82. The van der Waals surface area contributed by atoms with Crippen LogP contribution in [0.5, 0.6) is 0 Å². The SMILES string of the molecule is Cc1cc(=O)n2c3ccccc3nc2n1Cc1ccccc1. The second kappa shape index (κ2) is 4.84. The summed E-state index contributed by atoms with van der Waals surface area (Å²) < 4.78 is 3.77. The van der Waals surface area contributed by atoms with Crippen LogP contribution < -0.4 is 5.56 Å². The van der Waals surface area contributed by atoms with Gasteiger partial charge in [-0.15, -0.1) is 0 Å². The van der Waals surface area contributed by atoms with E-state index < -0.39 is 0 Å². The van der Waals surface area contributed by atoms with E-state index >= 15 is 0 Å². The minimum atomic E-state index is -0.0366. The molecule has 0 N–H and O–H groups in total. The predicted octanol–water partition coefficient (Wildman–Crippen LogP) is 3.01. The summed E-state index contributed by atoms with van der Waals surface area (Å²) in [5, 5.41) is 0. The Hall–Kier alpha value is -2.88. The monoisotopic (exact) mass is 289 g/mol. The van der Waals surface area contributed by atoms with Crippen LogP contribution in [0.25, 0.3) is 16.8 Å². The molecule has 2 aromatic carbocycles. The first kappa shape index (κ1) is 12.8. The minimum absolute atomic E-state index is 0.0366. The third-order valence-electron chi connectivity index (χ3n) is 3.95. The van der Waals surface area contributed by atoms with Crippen molar-refractivity contribution < 1.29 is 0 Å². The van der Waals surface area contributed by atoms with Crippen LogP contribution in [0.3, 0.4) is 0 Å². The average Bonchev–Trinajstić information content (AvgIpc) is 2.92. The van der Waals surface area contributed by atoms with Crippen LogP contribution in [-0.4, -0.2) is 14.0 Å². The molecule has 0 atom stereocenters. The third-order valence-corrected chi connectivity index (χ3v) is 3.95. The summed E-state index contributed by atoms with van der Waals surface area (Å²) in [6.07, 6.45) is 0. The maximum absolute atomic E-state index is 12.4. The highest BCUT2D eigenvalue weighted by Crippen LogP contribution is 2.16. The Morgan fingerprint density at radius 2 is 1.73 bits per heavy atom. The molecule has 0 unspecified atom stereocenters. The molecule has 2 heterocycles. The molecule has 0 radical (unpaired) electrons. The van der Waals surface area contributed by atoms with Gasteiger partial charge in [-0.3, -0.25) is 4.79 Å². The van der Waals surface area contributed by atoms with Crippen molar-refractivity contribution in [3.63, 3.8) is 0 Å². The van der Waals surface area contributed by atoms with Crippen molar-refractivity contribution in [2.75, 3.05) is 0 Å². The van der Waals surface area contributed by atoms with Gasteiger partial charge >= 0.3 is 0 Å². The van der Waals surface area contributed by atoms with Crippen LogP contribution in [0.2, 0.25) is 0 Å². The molecule has 0 fully saturated rings. The predicted molar refractivity (Wildman–Crippen MR) is 87.2 cm³/mol. The lowest BCUT2D eigenvalue weighted by Gasteiger charge is -2.12. The van der Waals surface area contributed by atoms with Crippen LogP contribution in [0.4, 0.5) is 0 Å². The lowest BCUT2D eigenvalue weighted by atomic mass is 10.2. The van der Waals surface area contributed by atoms with Crippen LogP contribution in [-0.2, 0) is 6.54 Å². The highest BCUT2D eigenvalue weighted by Gasteiger charge is 2.12. The molecule has 0 saturated heterocycles. The van der Waals surface area contributed by atoms with Gasteiger partial charge in [-0.25, -0.2) is 9.38 Å². The van der Waals surface area contributed by atoms with Gasteiger partial charge in [0.2, 0.25) is 5.78 Å². The van der Waals surface area contributed by atoms with Crippen LogP contribution in [0.15, 0.2) is 65.5 Å². The zero-order valence-corrected chi connectivity index (χ0v) is 12.2. The van der Waals surface area contributed by atoms with Gasteiger partial charge in [-0.05, 0) is 24.6 Å². The number of imidazole rings is 1. The van der Waals surface area contributed by atoms with Crippen molar-refractivity contribution in [2.45, 2.75) is 13.5 Å². The van der Waals surface area contributed by atoms with Crippen LogP contribution in [0.1, 0.15) is 11.3 Å². The second-order valence-electron chi connectivity index (χ2n) is 5.43. The minimum Gasteiger partial charge on any atom is -0.311 e. The molecule has 22 heavy (non-hydrogen) atoms. The van der Waals surface area contributed by atoms with Gasteiger partial charge in [0.1, 0.15) is 0 Å². The second-order valence-corrected chi connectivity index (χ2v) is 5.43. The summed E-state index contributed by atoms with van der Waals surface area (Å²) in [6, 6.07) is 19.6. The molecule has 108 valence electrons. The topological polar surface area (TPSA) is 39.3 Å². The quantitative estimate of drug-likeness (QED) is 0.569. The molecule has 4 nitrogen and oxygen atoms in total. The number of aryl methyl sites for hydroxylation is 1. The number of aromatic nitrogens is 3. The first-order chi connectivity index (χ1) is 10.7. The summed E-state index contributed by atoms with van der Waals surface area (Å²) >= 11 is 0. The van der Waals surface area contributed by atoms with Gasteiger partial charge in [0.25, 0.3) is 5.56 Å². The average molecular weight is 289 g/mol. The Morgan fingerprint density at radius 1 is 1.00 bits per heavy atom. The van der Waals surface area contributed by atoms with Gasteiger partial charge in [-0.1, -0.05) is 42.5 Å². The maximum Gasteiger partial charge on any atom is 0.259 e. The summed E-state index contributed by atoms with van der Waals surface area (Å²) in [5.41, 5.74) is 3.75. The summed E-state index contributed by atoms with van der Waals surface area (Å²) in [7, 11) is 0. The van der Waals surface area contributed by atoms with Gasteiger partial charge < -0.3 is 4.57 Å². The number of fused-ring (bicyclic) bond motifs is 3. The highest BCUT2D eigenvalue weighted by molar-refractivity contribution is 5.79. The van der Waals surface area contributed by atoms with E-state index in [2.05, 4.69) is 21.7 Å². The number of benzene rings is 2. The zero-order chi connectivity index (χ0) is 15.1. The molecule has 2 aromatic heterocycles. The lowest BCUT2D eigenvalue weighted by Crippen LogP contribution is -2.19. The van der Waals surface area contributed by atoms with Crippen molar-refractivity contribution in [3.8, 4) is 0 Å². The summed E-state index contributed by atoms with van der Waals surface area (Å²) in [5.74, 6) is 0.690. The standard InChI is InChI=1S/C18H15N3O/c1-13-11-17(22)21-16-10-6-5-9-15(16)19-18(21)20(13)12-14-7-3-2-4-8-14/h2-11H,12H2,1H3.